The van der Waals surface area contributed by atoms with E-state index in [4.69, 9.17) is 11.6 Å². The van der Waals surface area contributed by atoms with Crippen LogP contribution in [0.25, 0.3) is 0 Å². The lowest BCUT2D eigenvalue weighted by Crippen LogP contribution is -2.42. The quantitative estimate of drug-likeness (QED) is 0.851. The van der Waals surface area contributed by atoms with Crippen LogP contribution < -0.4 is 4.72 Å². The molecule has 1 aliphatic heterocycles. The number of nitrogens with one attached hydrogen (secondary N) is 1. The Morgan fingerprint density at radius 3 is 2.88 bits per heavy atom. The average Bonchev–Trinajstić information content (AvgIpc) is 3.07. The lowest BCUT2D eigenvalue weighted by molar-refractivity contribution is 0.0631. The maximum Gasteiger partial charge on any atom is 0.263 e. The van der Waals surface area contributed by atoms with Gasteiger partial charge in [0, 0.05) is 17.6 Å². The topological polar surface area (TPSA) is 92.3 Å². The molecule has 1 fully saturated rings. The van der Waals surface area contributed by atoms with E-state index in [9.17, 15) is 13.2 Å². The van der Waals surface area contributed by atoms with E-state index in [1.54, 1.807) is 4.90 Å². The Labute approximate surface area is 155 Å². The molecule has 3 rings (SSSR count). The largest absolute Gasteiger partial charge is 0.336 e. The number of carbonyl (C=O) groups excluding carboxylic acids is 1. The second-order valence-corrected chi connectivity index (χ2v) is 8.58. The molecule has 1 aromatic heterocycles. The number of hydrogen-bond acceptors (Lipinski definition) is 6. The van der Waals surface area contributed by atoms with Crippen molar-refractivity contribution in [2.45, 2.75) is 37.1 Å². The first kappa shape index (κ1) is 18.1. The molecule has 0 spiro atoms. The molecule has 7 nitrogen and oxygen atoms in total. The maximum absolute atomic E-state index is 13.0. The smallest absolute Gasteiger partial charge is 0.263 e. The van der Waals surface area contributed by atoms with Crippen molar-refractivity contribution in [2.75, 3.05) is 11.3 Å². The number of carbonyl (C=O) groups is 1. The zero-order valence-electron chi connectivity index (χ0n) is 13.5. The first-order chi connectivity index (χ1) is 11.9. The van der Waals surface area contributed by atoms with Crippen LogP contribution in [0, 0.1) is 0 Å². The van der Waals surface area contributed by atoms with Crippen LogP contribution >= 0.6 is 23.1 Å². The lowest BCUT2D eigenvalue weighted by Gasteiger charge is -2.33. The fourth-order valence-electron chi connectivity index (χ4n) is 2.85. The summed E-state index contributed by atoms with van der Waals surface area (Å²) in [5.74, 6) is -0.199. The second kappa shape index (κ2) is 7.27. The molecule has 1 amide bonds. The molecule has 1 N–H and O–H groups in total. The Bertz CT molecular complexity index is 871. The number of amides is 1. The SMILES string of the molecule is CC1CCCCN1C(=O)c1ccc(Cl)cc1S(=O)(=O)Nc1csnn1. The summed E-state index contributed by atoms with van der Waals surface area (Å²) in [6, 6.07) is 4.33. The van der Waals surface area contributed by atoms with Gasteiger partial charge in [0.1, 0.15) is 4.90 Å². The zero-order chi connectivity index (χ0) is 18.0. The Hall–Kier alpha value is -1.71. The summed E-state index contributed by atoms with van der Waals surface area (Å²) in [5.41, 5.74) is 0.105. The van der Waals surface area contributed by atoms with Crippen LogP contribution in [0.2, 0.25) is 5.02 Å². The summed E-state index contributed by atoms with van der Waals surface area (Å²) < 4.78 is 31.4. The third-order valence-electron chi connectivity index (χ3n) is 4.13. The molecule has 1 aliphatic rings. The summed E-state index contributed by atoms with van der Waals surface area (Å²) in [4.78, 5) is 14.5. The van der Waals surface area contributed by atoms with Gasteiger partial charge < -0.3 is 4.90 Å². The number of aromatic nitrogens is 2. The van der Waals surface area contributed by atoms with Crippen molar-refractivity contribution >= 4 is 44.9 Å². The zero-order valence-corrected chi connectivity index (χ0v) is 15.9. The minimum atomic E-state index is -4.02. The van der Waals surface area contributed by atoms with E-state index in [0.717, 1.165) is 30.8 Å². The molecule has 1 saturated heterocycles. The predicted molar refractivity (Wildman–Crippen MR) is 96.5 cm³/mol. The number of likely N-dealkylation sites (tertiary alicyclic amines) is 1. The normalized spacial score (nSPS) is 18.2. The number of hydrogen-bond donors (Lipinski definition) is 1. The van der Waals surface area contributed by atoms with Crippen molar-refractivity contribution in [1.82, 2.24) is 14.5 Å². The minimum Gasteiger partial charge on any atom is -0.336 e. The van der Waals surface area contributed by atoms with Gasteiger partial charge in [-0.05, 0) is 55.9 Å². The van der Waals surface area contributed by atoms with Gasteiger partial charge in [-0.1, -0.05) is 16.1 Å². The number of halogens is 1. The highest BCUT2D eigenvalue weighted by molar-refractivity contribution is 7.92. The molecule has 0 bridgehead atoms. The van der Waals surface area contributed by atoms with Crippen molar-refractivity contribution in [3.63, 3.8) is 0 Å². The van der Waals surface area contributed by atoms with Gasteiger partial charge in [-0.3, -0.25) is 9.52 Å². The molecule has 2 aromatic rings. The van der Waals surface area contributed by atoms with E-state index in [1.807, 2.05) is 6.92 Å². The van der Waals surface area contributed by atoms with E-state index in [1.165, 1.54) is 23.6 Å². The molecule has 134 valence electrons. The van der Waals surface area contributed by atoms with Gasteiger partial charge in [0.15, 0.2) is 5.82 Å². The first-order valence-electron chi connectivity index (χ1n) is 7.79. The Kier molecular flexibility index (Phi) is 5.26. The number of sulfonamides is 1. The predicted octanol–water partition coefficient (Wildman–Crippen LogP) is 3.01. The summed E-state index contributed by atoms with van der Waals surface area (Å²) in [6.45, 7) is 2.59. The highest BCUT2D eigenvalue weighted by atomic mass is 35.5. The minimum absolute atomic E-state index is 0.0724. The van der Waals surface area contributed by atoms with Crippen LogP contribution in [0.1, 0.15) is 36.5 Å². The molecular formula is C15H17ClN4O3S2. The van der Waals surface area contributed by atoms with E-state index < -0.39 is 10.0 Å². The average molecular weight is 401 g/mol. The molecule has 0 aliphatic carbocycles. The summed E-state index contributed by atoms with van der Waals surface area (Å²) >= 11 is 7.00. The molecular weight excluding hydrogens is 384 g/mol. The van der Waals surface area contributed by atoms with Gasteiger partial charge in [0.05, 0.1) is 10.9 Å². The van der Waals surface area contributed by atoms with Gasteiger partial charge in [-0.15, -0.1) is 5.10 Å². The lowest BCUT2D eigenvalue weighted by atomic mass is 10.0. The van der Waals surface area contributed by atoms with Crippen molar-refractivity contribution in [1.29, 1.82) is 0 Å². The van der Waals surface area contributed by atoms with E-state index in [2.05, 4.69) is 14.3 Å². The third kappa shape index (κ3) is 3.94. The second-order valence-electron chi connectivity index (χ2n) is 5.88. The molecule has 2 heterocycles. The number of piperidine rings is 1. The van der Waals surface area contributed by atoms with E-state index in [-0.39, 0.29) is 33.2 Å². The molecule has 1 unspecified atom stereocenters. The van der Waals surface area contributed by atoms with Crippen molar-refractivity contribution < 1.29 is 13.2 Å². The highest BCUT2D eigenvalue weighted by Crippen LogP contribution is 2.27. The van der Waals surface area contributed by atoms with Crippen LogP contribution in [0.3, 0.4) is 0 Å². The van der Waals surface area contributed by atoms with Crippen LogP contribution in [-0.4, -0.2) is 41.4 Å². The molecule has 10 heteroatoms. The van der Waals surface area contributed by atoms with E-state index in [0.29, 0.717) is 6.54 Å². The molecule has 0 radical (unpaired) electrons. The highest BCUT2D eigenvalue weighted by Gasteiger charge is 2.30. The fourth-order valence-corrected chi connectivity index (χ4v) is 4.76. The van der Waals surface area contributed by atoms with Crippen molar-refractivity contribution in [2.24, 2.45) is 0 Å². The summed E-state index contributed by atoms with van der Waals surface area (Å²) in [7, 11) is -4.02. The van der Waals surface area contributed by atoms with Gasteiger partial charge in [0.2, 0.25) is 0 Å². The van der Waals surface area contributed by atoms with E-state index >= 15 is 0 Å². The van der Waals surface area contributed by atoms with Crippen molar-refractivity contribution in [3.05, 3.63) is 34.2 Å². The van der Waals surface area contributed by atoms with Gasteiger partial charge >= 0.3 is 0 Å². The summed E-state index contributed by atoms with van der Waals surface area (Å²) in [6.07, 6.45) is 2.88. The van der Waals surface area contributed by atoms with Crippen LogP contribution in [-0.2, 0) is 10.0 Å². The van der Waals surface area contributed by atoms with Crippen molar-refractivity contribution in [3.8, 4) is 0 Å². The van der Waals surface area contributed by atoms with Gasteiger partial charge in [-0.25, -0.2) is 8.42 Å². The molecule has 0 saturated carbocycles. The first-order valence-corrected chi connectivity index (χ1v) is 10.5. The number of nitrogens with zero attached hydrogens (tertiary/aromatic N) is 3. The standard InChI is InChI=1S/C15H17ClN4O3S2/c1-10-4-2-3-7-20(10)15(21)12-6-5-11(16)8-13(12)25(22,23)18-14-9-24-19-17-14/h5-6,8-10,18H,2-4,7H2,1H3. The number of rotatable bonds is 4. The maximum atomic E-state index is 13.0. The van der Waals surface area contributed by atoms with Crippen LogP contribution in [0.15, 0.2) is 28.5 Å². The Balaban J connectivity index is 1.99. The summed E-state index contributed by atoms with van der Waals surface area (Å²) in [5, 5.41) is 5.38. The molecule has 1 atom stereocenters. The number of benzene rings is 1. The third-order valence-corrected chi connectivity index (χ3v) is 6.26. The van der Waals surface area contributed by atoms with Gasteiger partial charge in [-0.2, -0.15) is 0 Å². The molecule has 25 heavy (non-hydrogen) atoms. The molecule has 1 aromatic carbocycles. The van der Waals surface area contributed by atoms with Crippen LogP contribution in [0.5, 0.6) is 0 Å². The monoisotopic (exact) mass is 400 g/mol. The number of anilines is 1. The Morgan fingerprint density at radius 1 is 1.40 bits per heavy atom. The van der Waals surface area contributed by atoms with Gasteiger partial charge in [0.25, 0.3) is 15.9 Å². The Morgan fingerprint density at radius 2 is 2.20 bits per heavy atom. The fraction of sp³-hybridized carbons (Fsp3) is 0.400. The van der Waals surface area contributed by atoms with Crippen LogP contribution in [0.4, 0.5) is 5.82 Å².